The molecule has 0 aliphatic rings. The van der Waals surface area contributed by atoms with Crippen LogP contribution >= 0.6 is 0 Å². The Bertz CT molecular complexity index is 3070. The highest BCUT2D eigenvalue weighted by atomic mass is 15.1. The van der Waals surface area contributed by atoms with E-state index < -0.39 is 0 Å². The van der Waals surface area contributed by atoms with Gasteiger partial charge in [-0.1, -0.05) is 127 Å². The number of nitrogens with zero attached hydrogens (tertiary/aromatic N) is 3. The van der Waals surface area contributed by atoms with E-state index in [2.05, 4.69) is 202 Å². The van der Waals surface area contributed by atoms with E-state index >= 15 is 0 Å². The molecule has 51 heavy (non-hydrogen) atoms. The first-order valence-corrected chi connectivity index (χ1v) is 17.5. The summed E-state index contributed by atoms with van der Waals surface area (Å²) in [6.45, 7) is 0. The van der Waals surface area contributed by atoms with Crippen LogP contribution < -0.4 is 0 Å². The average Bonchev–Trinajstić information content (AvgIpc) is 3.84. The zero-order chi connectivity index (χ0) is 33.5. The van der Waals surface area contributed by atoms with Crippen molar-refractivity contribution in [2.45, 2.75) is 0 Å². The van der Waals surface area contributed by atoms with Crippen molar-refractivity contribution in [2.24, 2.45) is 0 Å². The maximum Gasteiger partial charge on any atom is 0.0782 e. The number of hydrogen-bond donors (Lipinski definition) is 0. The minimum atomic E-state index is 1.14. The van der Waals surface area contributed by atoms with Crippen molar-refractivity contribution in [1.82, 2.24) is 13.7 Å². The van der Waals surface area contributed by atoms with Crippen LogP contribution in [0.25, 0.3) is 93.6 Å². The molecule has 11 aromatic rings. The summed E-state index contributed by atoms with van der Waals surface area (Å²) in [5.41, 5.74) is 13.1. The van der Waals surface area contributed by atoms with Crippen molar-refractivity contribution >= 4 is 65.4 Å². The first kappa shape index (κ1) is 28.0. The third-order valence-electron chi connectivity index (χ3n) is 10.6. The van der Waals surface area contributed by atoms with Crippen LogP contribution in [0.15, 0.2) is 188 Å². The molecule has 0 saturated carbocycles. The molecule has 0 spiro atoms. The highest BCUT2D eigenvalue weighted by Gasteiger charge is 2.21. The van der Waals surface area contributed by atoms with Crippen LogP contribution in [-0.2, 0) is 0 Å². The molecule has 3 nitrogen and oxygen atoms in total. The van der Waals surface area contributed by atoms with Crippen LogP contribution in [0, 0.1) is 0 Å². The first-order valence-electron chi connectivity index (χ1n) is 17.5. The lowest BCUT2D eigenvalue weighted by molar-refractivity contribution is 1.13. The van der Waals surface area contributed by atoms with Gasteiger partial charge in [0, 0.05) is 43.7 Å². The molecule has 3 heterocycles. The zero-order valence-corrected chi connectivity index (χ0v) is 27.7. The maximum atomic E-state index is 2.47. The van der Waals surface area contributed by atoms with E-state index in [0.717, 1.165) is 17.1 Å². The van der Waals surface area contributed by atoms with Crippen LogP contribution in [0.2, 0.25) is 0 Å². The van der Waals surface area contributed by atoms with Gasteiger partial charge >= 0.3 is 0 Å². The zero-order valence-electron chi connectivity index (χ0n) is 27.7. The molecular formula is C48H31N3. The van der Waals surface area contributed by atoms with Crippen molar-refractivity contribution < 1.29 is 0 Å². The SMILES string of the molecule is c1ccc(-c2ccc(-n3c4ccccc4c4cccc(-n5c6ccccc6c6cc(-n7c8ccccc8c8ccccc87)ccc65)c43)cc2)cc1. The molecule has 3 heteroatoms. The molecular weight excluding hydrogens is 619 g/mol. The number of hydrogen-bond acceptors (Lipinski definition) is 0. The minimum Gasteiger partial charge on any atom is -0.309 e. The Kier molecular flexibility index (Phi) is 5.96. The number of benzene rings is 8. The molecule has 0 fully saturated rings. The Morgan fingerprint density at radius 1 is 0.255 bits per heavy atom. The molecule has 0 aliphatic carbocycles. The van der Waals surface area contributed by atoms with Crippen molar-refractivity contribution in [3.63, 3.8) is 0 Å². The third-order valence-corrected chi connectivity index (χ3v) is 10.6. The molecule has 0 unspecified atom stereocenters. The van der Waals surface area contributed by atoms with Gasteiger partial charge in [-0.25, -0.2) is 0 Å². The third kappa shape index (κ3) is 4.06. The summed E-state index contributed by atoms with van der Waals surface area (Å²) < 4.78 is 7.33. The summed E-state index contributed by atoms with van der Waals surface area (Å²) >= 11 is 0. The highest BCUT2D eigenvalue weighted by molar-refractivity contribution is 6.16. The second kappa shape index (κ2) is 10.8. The Morgan fingerprint density at radius 2 is 0.706 bits per heavy atom. The summed E-state index contributed by atoms with van der Waals surface area (Å²) in [7, 11) is 0. The van der Waals surface area contributed by atoms with E-state index in [0.29, 0.717) is 0 Å². The van der Waals surface area contributed by atoms with Gasteiger partial charge in [0.1, 0.15) is 0 Å². The Labute approximate surface area is 294 Å². The summed E-state index contributed by atoms with van der Waals surface area (Å²) in [6, 6.07) is 68.4. The van der Waals surface area contributed by atoms with Gasteiger partial charge in [-0.2, -0.15) is 0 Å². The van der Waals surface area contributed by atoms with Gasteiger partial charge in [-0.15, -0.1) is 0 Å². The van der Waals surface area contributed by atoms with Crippen LogP contribution in [0.1, 0.15) is 0 Å². The van der Waals surface area contributed by atoms with Crippen LogP contribution in [-0.4, -0.2) is 13.7 Å². The predicted octanol–water partition coefficient (Wildman–Crippen LogP) is 12.6. The van der Waals surface area contributed by atoms with E-state index in [1.54, 1.807) is 0 Å². The number of fused-ring (bicyclic) bond motifs is 9. The lowest BCUT2D eigenvalue weighted by atomic mass is 10.1. The van der Waals surface area contributed by atoms with Crippen molar-refractivity contribution in [3.05, 3.63) is 188 Å². The monoisotopic (exact) mass is 649 g/mol. The number of para-hydroxylation sites is 5. The molecule has 238 valence electrons. The topological polar surface area (TPSA) is 14.8 Å². The average molecular weight is 650 g/mol. The highest BCUT2D eigenvalue weighted by Crippen LogP contribution is 2.41. The fourth-order valence-electron chi connectivity index (χ4n) is 8.44. The summed E-state index contributed by atoms with van der Waals surface area (Å²) in [6.07, 6.45) is 0. The minimum absolute atomic E-state index is 1.14. The number of aromatic nitrogens is 3. The molecule has 0 N–H and O–H groups in total. The van der Waals surface area contributed by atoms with Gasteiger partial charge in [0.15, 0.2) is 0 Å². The van der Waals surface area contributed by atoms with Crippen LogP contribution in [0.4, 0.5) is 0 Å². The molecule has 0 radical (unpaired) electrons. The largest absolute Gasteiger partial charge is 0.309 e. The normalized spacial score (nSPS) is 11.9. The van der Waals surface area contributed by atoms with Gasteiger partial charge in [0.05, 0.1) is 38.8 Å². The Hall–Kier alpha value is -6.84. The molecule has 3 aromatic heterocycles. The molecule has 0 atom stereocenters. The summed E-state index contributed by atoms with van der Waals surface area (Å²) in [5, 5.41) is 7.50. The van der Waals surface area contributed by atoms with Crippen molar-refractivity contribution in [3.8, 4) is 28.2 Å². The fraction of sp³-hybridized carbons (Fsp3) is 0. The molecule has 8 aromatic carbocycles. The quantitative estimate of drug-likeness (QED) is 0.180. The Balaban J connectivity index is 1.19. The number of rotatable bonds is 4. The van der Waals surface area contributed by atoms with Gasteiger partial charge in [0.2, 0.25) is 0 Å². The van der Waals surface area contributed by atoms with Crippen molar-refractivity contribution in [2.75, 3.05) is 0 Å². The van der Waals surface area contributed by atoms with E-state index in [1.807, 2.05) is 0 Å². The smallest absolute Gasteiger partial charge is 0.0782 e. The van der Waals surface area contributed by atoms with Gasteiger partial charge in [-0.05, 0) is 71.8 Å². The van der Waals surface area contributed by atoms with Gasteiger partial charge < -0.3 is 13.7 Å². The molecule has 0 bridgehead atoms. The Morgan fingerprint density at radius 3 is 1.35 bits per heavy atom. The van der Waals surface area contributed by atoms with E-state index in [4.69, 9.17) is 0 Å². The van der Waals surface area contributed by atoms with E-state index in [9.17, 15) is 0 Å². The summed E-state index contributed by atoms with van der Waals surface area (Å²) in [4.78, 5) is 0. The van der Waals surface area contributed by atoms with Crippen LogP contribution in [0.5, 0.6) is 0 Å². The van der Waals surface area contributed by atoms with Gasteiger partial charge in [0.25, 0.3) is 0 Å². The maximum absolute atomic E-state index is 2.47. The second-order valence-electron chi connectivity index (χ2n) is 13.4. The molecule has 0 saturated heterocycles. The van der Waals surface area contributed by atoms with Crippen molar-refractivity contribution in [1.29, 1.82) is 0 Å². The van der Waals surface area contributed by atoms with Crippen LogP contribution in [0.3, 0.4) is 0 Å². The predicted molar refractivity (Wildman–Crippen MR) is 215 cm³/mol. The van der Waals surface area contributed by atoms with E-state index in [1.165, 1.54) is 76.5 Å². The second-order valence-corrected chi connectivity index (χ2v) is 13.4. The summed E-state index contributed by atoms with van der Waals surface area (Å²) in [5.74, 6) is 0. The van der Waals surface area contributed by atoms with E-state index in [-0.39, 0.29) is 0 Å². The molecule has 0 amide bonds. The van der Waals surface area contributed by atoms with Gasteiger partial charge in [-0.3, -0.25) is 0 Å². The first-order chi connectivity index (χ1) is 25.3. The fourth-order valence-corrected chi connectivity index (χ4v) is 8.44. The molecule has 11 rings (SSSR count). The standard InChI is InChI=1S/C48H31N3/c1-2-13-32(14-3-1)33-25-27-34(28-26-33)50-44-22-10-6-17-38(44)40-19-12-24-47(48(40)50)51-45-23-11-7-18-39(45)41-31-35(29-30-46(41)51)49-42-20-8-4-15-36(42)37-16-5-9-21-43(37)49/h1-31H. The molecule has 0 aliphatic heterocycles. The lowest BCUT2D eigenvalue weighted by Crippen LogP contribution is -2.01. The lowest BCUT2D eigenvalue weighted by Gasteiger charge is -2.15.